The van der Waals surface area contributed by atoms with E-state index in [2.05, 4.69) is 10.3 Å². The van der Waals surface area contributed by atoms with Gasteiger partial charge in [-0.05, 0) is 73.0 Å². The summed E-state index contributed by atoms with van der Waals surface area (Å²) in [4.78, 5) is 16.3. The Morgan fingerprint density at radius 3 is 2.27 bits per heavy atom. The van der Waals surface area contributed by atoms with Crippen LogP contribution in [0.15, 0.2) is 73.1 Å². The lowest BCUT2D eigenvalue weighted by Gasteiger charge is -2.15. The highest BCUT2D eigenvalue weighted by Gasteiger charge is 2.14. The number of aromatic nitrogens is 1. The number of rotatable bonds is 6. The molecule has 1 N–H and O–H groups in total. The minimum atomic E-state index is -0.618. The van der Waals surface area contributed by atoms with E-state index < -0.39 is 6.10 Å². The van der Waals surface area contributed by atoms with Crippen molar-refractivity contribution in [2.75, 3.05) is 5.32 Å². The lowest BCUT2D eigenvalue weighted by Crippen LogP contribution is -2.30. The highest BCUT2D eigenvalue weighted by atomic mass is 35.5. The number of ether oxygens (including phenoxy) is 1. The van der Waals surface area contributed by atoms with E-state index in [9.17, 15) is 4.79 Å². The number of pyridine rings is 1. The number of nitrogens with zero attached hydrogens (tertiary/aromatic N) is 1. The largest absolute Gasteiger partial charge is 0.481 e. The van der Waals surface area contributed by atoms with Crippen LogP contribution < -0.4 is 10.1 Å². The number of carbonyl (C=O) groups is 1. The average Bonchev–Trinajstić information content (AvgIpc) is 2.66. The molecule has 3 rings (SSSR count). The quantitative estimate of drug-likeness (QED) is 0.686. The van der Waals surface area contributed by atoms with Gasteiger partial charge in [-0.25, -0.2) is 0 Å². The van der Waals surface area contributed by atoms with Crippen LogP contribution in [0.25, 0.3) is 0 Å². The first-order chi connectivity index (χ1) is 12.6. The summed E-state index contributed by atoms with van der Waals surface area (Å²) in [5, 5.41) is 3.49. The standard InChI is InChI=1S/C21H19ClN2O2/c1-15(26-20-8-4-18(22)5-9-20)21(25)24-19-6-2-16(3-7-19)14-17-10-12-23-13-11-17/h2-13,15H,14H2,1H3,(H,24,25). The third kappa shape index (κ3) is 5.07. The molecule has 1 heterocycles. The smallest absolute Gasteiger partial charge is 0.265 e. The van der Waals surface area contributed by atoms with Crippen LogP contribution in [0.3, 0.4) is 0 Å². The first-order valence-corrected chi connectivity index (χ1v) is 8.69. The molecular weight excluding hydrogens is 348 g/mol. The van der Waals surface area contributed by atoms with E-state index in [1.54, 1.807) is 43.6 Å². The van der Waals surface area contributed by atoms with Gasteiger partial charge in [-0.2, -0.15) is 0 Å². The molecule has 1 unspecified atom stereocenters. The van der Waals surface area contributed by atoms with Crippen LogP contribution in [0.1, 0.15) is 18.1 Å². The molecule has 0 radical (unpaired) electrons. The van der Waals surface area contributed by atoms with Gasteiger partial charge < -0.3 is 10.1 Å². The van der Waals surface area contributed by atoms with Crippen LogP contribution in [-0.2, 0) is 11.2 Å². The Labute approximate surface area is 157 Å². The van der Waals surface area contributed by atoms with Crippen LogP contribution in [0, 0.1) is 0 Å². The van der Waals surface area contributed by atoms with Crippen molar-refractivity contribution in [3.8, 4) is 5.75 Å². The Balaban J connectivity index is 1.56. The number of benzene rings is 2. The number of anilines is 1. The average molecular weight is 367 g/mol. The minimum absolute atomic E-state index is 0.207. The Morgan fingerprint density at radius 2 is 1.62 bits per heavy atom. The SMILES string of the molecule is CC(Oc1ccc(Cl)cc1)C(=O)Nc1ccc(Cc2ccncc2)cc1. The zero-order valence-corrected chi connectivity index (χ0v) is 15.1. The number of hydrogen-bond acceptors (Lipinski definition) is 3. The predicted molar refractivity (Wildman–Crippen MR) is 104 cm³/mol. The summed E-state index contributed by atoms with van der Waals surface area (Å²) in [5.41, 5.74) is 3.10. The van der Waals surface area contributed by atoms with Crippen LogP contribution in [0.2, 0.25) is 5.02 Å². The van der Waals surface area contributed by atoms with Gasteiger partial charge in [0.15, 0.2) is 6.10 Å². The van der Waals surface area contributed by atoms with E-state index in [0.717, 1.165) is 12.1 Å². The summed E-state index contributed by atoms with van der Waals surface area (Å²) in [5.74, 6) is 0.395. The number of amides is 1. The van der Waals surface area contributed by atoms with Gasteiger partial charge in [0.2, 0.25) is 0 Å². The van der Waals surface area contributed by atoms with Crippen molar-refractivity contribution in [2.45, 2.75) is 19.4 Å². The van der Waals surface area contributed by atoms with Gasteiger partial charge in [-0.1, -0.05) is 23.7 Å². The molecule has 0 bridgehead atoms. The molecule has 0 saturated heterocycles. The molecular formula is C21H19ClN2O2. The summed E-state index contributed by atoms with van der Waals surface area (Å²) in [6.07, 6.45) is 3.78. The van der Waals surface area contributed by atoms with Crippen LogP contribution in [-0.4, -0.2) is 17.0 Å². The molecule has 0 fully saturated rings. The molecule has 0 aliphatic heterocycles. The Kier molecular flexibility index (Phi) is 5.87. The fourth-order valence-electron chi connectivity index (χ4n) is 2.46. The number of nitrogens with one attached hydrogen (secondary N) is 1. The van der Waals surface area contributed by atoms with Crippen molar-refractivity contribution < 1.29 is 9.53 Å². The number of carbonyl (C=O) groups excluding carboxylic acids is 1. The summed E-state index contributed by atoms with van der Waals surface area (Å²) in [7, 11) is 0. The van der Waals surface area contributed by atoms with Crippen molar-refractivity contribution in [1.29, 1.82) is 0 Å². The first kappa shape index (κ1) is 18.0. The van der Waals surface area contributed by atoms with E-state index >= 15 is 0 Å². The summed E-state index contributed by atoms with van der Waals surface area (Å²) in [6.45, 7) is 1.71. The second kappa shape index (κ2) is 8.50. The van der Waals surface area contributed by atoms with Gasteiger partial charge in [0.25, 0.3) is 5.91 Å². The lowest BCUT2D eigenvalue weighted by atomic mass is 10.1. The molecule has 132 valence electrons. The predicted octanol–water partition coefficient (Wildman–Crippen LogP) is 4.73. The highest BCUT2D eigenvalue weighted by molar-refractivity contribution is 6.30. The minimum Gasteiger partial charge on any atom is -0.481 e. The summed E-state index contributed by atoms with van der Waals surface area (Å²) >= 11 is 5.84. The zero-order valence-electron chi connectivity index (χ0n) is 14.4. The number of hydrogen-bond donors (Lipinski definition) is 1. The van der Waals surface area contributed by atoms with Crippen molar-refractivity contribution in [3.63, 3.8) is 0 Å². The summed E-state index contributed by atoms with van der Waals surface area (Å²) < 4.78 is 5.63. The van der Waals surface area contributed by atoms with Gasteiger partial charge in [0.1, 0.15) is 5.75 Å². The second-order valence-electron chi connectivity index (χ2n) is 5.93. The molecule has 1 amide bonds. The van der Waals surface area contributed by atoms with Gasteiger partial charge in [-0.15, -0.1) is 0 Å². The maximum absolute atomic E-state index is 12.3. The lowest BCUT2D eigenvalue weighted by molar-refractivity contribution is -0.122. The molecule has 0 aliphatic rings. The van der Waals surface area contributed by atoms with E-state index in [-0.39, 0.29) is 5.91 Å². The third-order valence-corrected chi connectivity index (χ3v) is 4.13. The molecule has 3 aromatic rings. The monoisotopic (exact) mass is 366 g/mol. The van der Waals surface area contributed by atoms with Gasteiger partial charge in [0.05, 0.1) is 0 Å². The zero-order chi connectivity index (χ0) is 18.4. The number of halogens is 1. The molecule has 0 saturated carbocycles. The van der Waals surface area contributed by atoms with Crippen molar-refractivity contribution >= 4 is 23.2 Å². The second-order valence-corrected chi connectivity index (χ2v) is 6.37. The van der Waals surface area contributed by atoms with E-state index in [0.29, 0.717) is 10.8 Å². The fourth-order valence-corrected chi connectivity index (χ4v) is 2.58. The van der Waals surface area contributed by atoms with Gasteiger partial charge in [0, 0.05) is 23.1 Å². The molecule has 2 aromatic carbocycles. The van der Waals surface area contributed by atoms with Gasteiger partial charge in [-0.3, -0.25) is 9.78 Å². The van der Waals surface area contributed by atoms with Crippen LogP contribution in [0.4, 0.5) is 5.69 Å². The Hall–Kier alpha value is -2.85. The Bertz CT molecular complexity index is 849. The van der Waals surface area contributed by atoms with E-state index in [1.165, 1.54) is 11.1 Å². The molecule has 5 heteroatoms. The molecule has 0 aliphatic carbocycles. The van der Waals surface area contributed by atoms with Crippen molar-refractivity contribution in [3.05, 3.63) is 89.2 Å². The normalized spacial score (nSPS) is 11.6. The van der Waals surface area contributed by atoms with Gasteiger partial charge >= 0.3 is 0 Å². The van der Waals surface area contributed by atoms with Crippen molar-refractivity contribution in [1.82, 2.24) is 4.98 Å². The highest BCUT2D eigenvalue weighted by Crippen LogP contribution is 2.18. The van der Waals surface area contributed by atoms with Crippen LogP contribution in [0.5, 0.6) is 5.75 Å². The molecule has 26 heavy (non-hydrogen) atoms. The molecule has 0 spiro atoms. The van der Waals surface area contributed by atoms with Crippen LogP contribution >= 0.6 is 11.6 Å². The topological polar surface area (TPSA) is 51.2 Å². The molecule has 4 nitrogen and oxygen atoms in total. The van der Waals surface area contributed by atoms with Crippen molar-refractivity contribution in [2.24, 2.45) is 0 Å². The molecule has 1 atom stereocenters. The maximum Gasteiger partial charge on any atom is 0.265 e. The third-order valence-electron chi connectivity index (χ3n) is 3.87. The van der Waals surface area contributed by atoms with E-state index in [1.807, 2.05) is 36.4 Å². The Morgan fingerprint density at radius 1 is 1.00 bits per heavy atom. The first-order valence-electron chi connectivity index (χ1n) is 8.31. The summed E-state index contributed by atoms with van der Waals surface area (Å²) in [6, 6.07) is 18.7. The fraction of sp³-hybridized carbons (Fsp3) is 0.143. The molecule has 1 aromatic heterocycles. The van der Waals surface area contributed by atoms with E-state index in [4.69, 9.17) is 16.3 Å². The maximum atomic E-state index is 12.3.